The van der Waals surface area contributed by atoms with Gasteiger partial charge >= 0.3 is 0 Å². The minimum absolute atomic E-state index is 0.0325. The molecule has 1 aromatic heterocycles. The highest BCUT2D eigenvalue weighted by Gasteiger charge is 2.34. The lowest BCUT2D eigenvalue weighted by molar-refractivity contribution is -0.118. The van der Waals surface area contributed by atoms with Crippen LogP contribution in [0.2, 0.25) is 0 Å². The number of hydrogen-bond donors (Lipinski definition) is 1. The normalized spacial score (nSPS) is 17.8. The van der Waals surface area contributed by atoms with Gasteiger partial charge in [-0.2, -0.15) is 0 Å². The van der Waals surface area contributed by atoms with Gasteiger partial charge < -0.3 is 10.2 Å². The van der Waals surface area contributed by atoms with Crippen LogP contribution in [-0.2, 0) is 4.79 Å². The first-order chi connectivity index (χ1) is 10.5. The van der Waals surface area contributed by atoms with Crippen LogP contribution in [0.5, 0.6) is 0 Å². The molecule has 0 unspecified atom stereocenters. The standard InChI is InChI=1S/C17H18N2O2S/c1-11-8-12(2)10-13(9-11)19-6-5-14(17(19)21)18-16(20)15-4-3-7-22-15/h3-4,7-10,14H,5-6H2,1-2H3,(H,18,20)/t14-/m1/s1. The monoisotopic (exact) mass is 314 g/mol. The van der Waals surface area contributed by atoms with Crippen LogP contribution < -0.4 is 10.2 Å². The third-order valence-electron chi connectivity index (χ3n) is 3.77. The van der Waals surface area contributed by atoms with Crippen LogP contribution in [0, 0.1) is 13.8 Å². The second kappa shape index (κ2) is 5.93. The Morgan fingerprint density at radius 2 is 2.00 bits per heavy atom. The second-order valence-corrected chi connectivity index (χ2v) is 6.58. The van der Waals surface area contributed by atoms with E-state index >= 15 is 0 Å². The molecule has 1 fully saturated rings. The minimum Gasteiger partial charge on any atom is -0.339 e. The van der Waals surface area contributed by atoms with Crippen molar-refractivity contribution in [2.75, 3.05) is 11.4 Å². The van der Waals surface area contributed by atoms with Crippen molar-refractivity contribution in [1.82, 2.24) is 5.32 Å². The van der Waals surface area contributed by atoms with Crippen molar-refractivity contribution in [3.8, 4) is 0 Å². The van der Waals surface area contributed by atoms with Crippen LogP contribution in [-0.4, -0.2) is 24.4 Å². The van der Waals surface area contributed by atoms with Gasteiger partial charge in [0.05, 0.1) is 4.88 Å². The maximum absolute atomic E-state index is 12.5. The molecule has 5 heteroatoms. The Kier molecular flexibility index (Phi) is 3.98. The van der Waals surface area contributed by atoms with E-state index in [-0.39, 0.29) is 11.8 Å². The molecule has 1 aliphatic rings. The Hall–Kier alpha value is -2.14. The summed E-state index contributed by atoms with van der Waals surface area (Å²) in [5, 5.41) is 4.69. The average Bonchev–Trinajstić information content (AvgIpc) is 3.09. The molecule has 1 N–H and O–H groups in total. The predicted octanol–water partition coefficient (Wildman–Crippen LogP) is 2.90. The average molecular weight is 314 g/mol. The van der Waals surface area contributed by atoms with Crippen LogP contribution in [0.15, 0.2) is 35.7 Å². The first kappa shape index (κ1) is 14.8. The number of rotatable bonds is 3. The molecule has 2 amide bonds. The van der Waals surface area contributed by atoms with Crippen LogP contribution in [0.3, 0.4) is 0 Å². The van der Waals surface area contributed by atoms with Crippen molar-refractivity contribution in [3.05, 3.63) is 51.7 Å². The fraction of sp³-hybridized carbons (Fsp3) is 0.294. The summed E-state index contributed by atoms with van der Waals surface area (Å²) in [4.78, 5) is 27.0. The van der Waals surface area contributed by atoms with E-state index in [1.165, 1.54) is 11.3 Å². The molecular formula is C17H18N2O2S. The van der Waals surface area contributed by atoms with Crippen molar-refractivity contribution in [2.45, 2.75) is 26.3 Å². The van der Waals surface area contributed by atoms with E-state index in [2.05, 4.69) is 11.4 Å². The first-order valence-corrected chi connectivity index (χ1v) is 8.16. The van der Waals surface area contributed by atoms with Gasteiger partial charge in [0.1, 0.15) is 6.04 Å². The van der Waals surface area contributed by atoms with Gasteiger partial charge in [-0.1, -0.05) is 12.1 Å². The summed E-state index contributed by atoms with van der Waals surface area (Å²) < 4.78 is 0. The van der Waals surface area contributed by atoms with Crippen LogP contribution in [0.4, 0.5) is 5.69 Å². The Morgan fingerprint density at radius 1 is 1.27 bits per heavy atom. The summed E-state index contributed by atoms with van der Waals surface area (Å²) in [7, 11) is 0. The van der Waals surface area contributed by atoms with Gasteiger partial charge in [0, 0.05) is 12.2 Å². The highest BCUT2D eigenvalue weighted by Crippen LogP contribution is 2.24. The third-order valence-corrected chi connectivity index (χ3v) is 4.64. The fourth-order valence-electron chi connectivity index (χ4n) is 2.81. The number of nitrogens with one attached hydrogen (secondary N) is 1. The van der Waals surface area contributed by atoms with Gasteiger partial charge in [0.25, 0.3) is 5.91 Å². The number of benzene rings is 1. The summed E-state index contributed by atoms with van der Waals surface area (Å²) in [5.41, 5.74) is 3.18. The fourth-order valence-corrected chi connectivity index (χ4v) is 3.44. The maximum atomic E-state index is 12.5. The van der Waals surface area contributed by atoms with Crippen LogP contribution in [0.1, 0.15) is 27.2 Å². The molecule has 0 saturated carbocycles. The van der Waals surface area contributed by atoms with Crippen LogP contribution in [0.25, 0.3) is 0 Å². The highest BCUT2D eigenvalue weighted by molar-refractivity contribution is 7.12. The van der Waals surface area contributed by atoms with Crippen molar-refractivity contribution < 1.29 is 9.59 Å². The third kappa shape index (κ3) is 2.90. The molecule has 2 heterocycles. The molecule has 0 radical (unpaired) electrons. The predicted molar refractivity (Wildman–Crippen MR) is 88.5 cm³/mol. The van der Waals surface area contributed by atoms with E-state index in [0.29, 0.717) is 17.8 Å². The molecule has 2 aromatic rings. The molecule has 22 heavy (non-hydrogen) atoms. The number of thiophene rings is 1. The molecule has 114 valence electrons. The van der Waals surface area contributed by atoms with Gasteiger partial charge in [-0.3, -0.25) is 9.59 Å². The van der Waals surface area contributed by atoms with E-state index in [9.17, 15) is 9.59 Å². The van der Waals surface area contributed by atoms with Crippen molar-refractivity contribution in [3.63, 3.8) is 0 Å². The number of hydrogen-bond acceptors (Lipinski definition) is 3. The summed E-state index contributed by atoms with van der Waals surface area (Å²) in [6.45, 7) is 4.68. The number of carbonyl (C=O) groups excluding carboxylic acids is 2. The SMILES string of the molecule is Cc1cc(C)cc(N2CC[C@@H](NC(=O)c3cccs3)C2=O)c1. The zero-order valence-corrected chi connectivity index (χ0v) is 13.4. The van der Waals surface area contributed by atoms with Crippen molar-refractivity contribution >= 4 is 28.8 Å². The lowest BCUT2D eigenvalue weighted by atomic mass is 10.1. The highest BCUT2D eigenvalue weighted by atomic mass is 32.1. The molecule has 0 aliphatic carbocycles. The lowest BCUT2D eigenvalue weighted by Gasteiger charge is -2.18. The largest absolute Gasteiger partial charge is 0.339 e. The van der Waals surface area contributed by atoms with E-state index in [0.717, 1.165) is 16.8 Å². The molecule has 3 rings (SSSR count). The van der Waals surface area contributed by atoms with E-state index in [1.807, 2.05) is 37.4 Å². The minimum atomic E-state index is -0.435. The Balaban J connectivity index is 1.73. The van der Waals surface area contributed by atoms with Crippen molar-refractivity contribution in [2.24, 2.45) is 0 Å². The first-order valence-electron chi connectivity index (χ1n) is 7.28. The van der Waals surface area contributed by atoms with Gasteiger partial charge in [0.2, 0.25) is 5.91 Å². The topological polar surface area (TPSA) is 49.4 Å². The molecule has 1 aliphatic heterocycles. The molecule has 1 aromatic carbocycles. The van der Waals surface area contributed by atoms with Crippen LogP contribution >= 0.6 is 11.3 Å². The van der Waals surface area contributed by atoms with Gasteiger partial charge in [-0.05, 0) is 55.0 Å². The summed E-state index contributed by atoms with van der Waals surface area (Å²) in [6, 6.07) is 9.26. The smallest absolute Gasteiger partial charge is 0.261 e. The van der Waals surface area contributed by atoms with E-state index in [4.69, 9.17) is 0 Å². The van der Waals surface area contributed by atoms with E-state index in [1.54, 1.807) is 11.0 Å². The zero-order valence-electron chi connectivity index (χ0n) is 12.6. The number of aryl methyl sites for hydroxylation is 2. The molecular weight excluding hydrogens is 296 g/mol. The molecule has 0 bridgehead atoms. The summed E-state index contributed by atoms with van der Waals surface area (Å²) >= 11 is 1.38. The number of carbonyl (C=O) groups is 2. The quantitative estimate of drug-likeness (QED) is 0.947. The number of anilines is 1. The van der Waals surface area contributed by atoms with E-state index < -0.39 is 6.04 Å². The van der Waals surface area contributed by atoms with Gasteiger partial charge in [-0.15, -0.1) is 11.3 Å². The maximum Gasteiger partial charge on any atom is 0.261 e. The van der Waals surface area contributed by atoms with Crippen molar-refractivity contribution in [1.29, 1.82) is 0 Å². The number of nitrogens with zero attached hydrogens (tertiary/aromatic N) is 1. The molecule has 1 atom stereocenters. The summed E-state index contributed by atoms with van der Waals surface area (Å²) in [6.07, 6.45) is 0.642. The molecule has 1 saturated heterocycles. The lowest BCUT2D eigenvalue weighted by Crippen LogP contribution is -2.41. The Bertz CT molecular complexity index is 689. The Morgan fingerprint density at radius 3 is 2.64 bits per heavy atom. The Labute approximate surface area is 133 Å². The molecule has 0 spiro atoms. The number of amides is 2. The summed E-state index contributed by atoms with van der Waals surface area (Å²) in [5.74, 6) is -0.203. The van der Waals surface area contributed by atoms with Gasteiger partial charge in [-0.25, -0.2) is 0 Å². The zero-order chi connectivity index (χ0) is 15.7. The second-order valence-electron chi connectivity index (χ2n) is 5.63. The molecule has 4 nitrogen and oxygen atoms in total. The van der Waals surface area contributed by atoms with Gasteiger partial charge in [0.15, 0.2) is 0 Å².